The molecule has 1 aromatic carbocycles. The van der Waals surface area contributed by atoms with E-state index in [1.807, 2.05) is 25.1 Å². The second kappa shape index (κ2) is 5.19. The molecule has 0 atom stereocenters. The fraction of sp³-hybridized carbons (Fsp3) is 0.462. The van der Waals surface area contributed by atoms with Crippen LogP contribution in [0.25, 0.3) is 0 Å². The summed E-state index contributed by atoms with van der Waals surface area (Å²) in [4.78, 5) is 0. The Labute approximate surface area is 102 Å². The smallest absolute Gasteiger partial charge is 0.128 e. The van der Waals surface area contributed by atoms with Crippen LogP contribution in [0.5, 0.6) is 5.75 Å². The molecule has 0 aromatic heterocycles. The van der Waals surface area contributed by atoms with E-state index < -0.39 is 5.60 Å². The van der Waals surface area contributed by atoms with Crippen molar-refractivity contribution in [2.75, 3.05) is 6.61 Å². The topological polar surface area (TPSA) is 62.1 Å². The molecule has 0 amide bonds. The molecule has 4 heteroatoms. The van der Waals surface area contributed by atoms with Crippen LogP contribution in [0.15, 0.2) is 23.4 Å². The van der Waals surface area contributed by atoms with Crippen LogP contribution < -0.4 is 4.74 Å². The van der Waals surface area contributed by atoms with E-state index >= 15 is 0 Å². The van der Waals surface area contributed by atoms with Crippen LogP contribution in [0.2, 0.25) is 0 Å². The number of rotatable bonds is 4. The highest BCUT2D eigenvalue weighted by Gasteiger charge is 2.15. The lowest BCUT2D eigenvalue weighted by Crippen LogP contribution is -2.28. The van der Waals surface area contributed by atoms with Gasteiger partial charge in [-0.1, -0.05) is 11.2 Å². The van der Waals surface area contributed by atoms with E-state index in [0.29, 0.717) is 11.5 Å². The zero-order chi connectivity index (χ0) is 13.1. The molecule has 0 bridgehead atoms. The Morgan fingerprint density at radius 1 is 1.41 bits per heavy atom. The number of oxime groups is 1. The first-order chi connectivity index (χ1) is 7.83. The van der Waals surface area contributed by atoms with Crippen LogP contribution >= 0.6 is 0 Å². The number of hydrogen-bond acceptors (Lipinski definition) is 4. The van der Waals surface area contributed by atoms with Crippen molar-refractivity contribution in [3.8, 4) is 5.75 Å². The molecule has 0 saturated heterocycles. The summed E-state index contributed by atoms with van der Waals surface area (Å²) in [5, 5.41) is 21.6. The van der Waals surface area contributed by atoms with Crippen molar-refractivity contribution in [2.45, 2.75) is 33.3 Å². The maximum absolute atomic E-state index is 9.63. The summed E-state index contributed by atoms with van der Waals surface area (Å²) in [6.07, 6.45) is 0. The molecule has 0 aliphatic rings. The van der Waals surface area contributed by atoms with Gasteiger partial charge in [0.2, 0.25) is 0 Å². The second-order valence-electron chi connectivity index (χ2n) is 4.79. The van der Waals surface area contributed by atoms with Crippen LogP contribution in [-0.4, -0.2) is 28.2 Å². The molecule has 17 heavy (non-hydrogen) atoms. The SMILES string of the molecule is CC(=NO)c1ccc(C)cc1OCC(C)(C)O. The normalized spacial score (nSPS) is 12.6. The van der Waals surface area contributed by atoms with E-state index in [9.17, 15) is 5.11 Å². The standard InChI is InChI=1S/C13H19NO3/c1-9-5-6-11(10(2)14-16)12(7-9)17-8-13(3,4)15/h5-7,15-16H,8H2,1-4H3. The van der Waals surface area contributed by atoms with Crippen LogP contribution in [0.4, 0.5) is 0 Å². The molecule has 0 aliphatic carbocycles. The molecular formula is C13H19NO3. The number of aliphatic hydroxyl groups is 1. The zero-order valence-corrected chi connectivity index (χ0v) is 10.7. The van der Waals surface area contributed by atoms with E-state index in [-0.39, 0.29) is 6.61 Å². The van der Waals surface area contributed by atoms with E-state index in [0.717, 1.165) is 11.1 Å². The summed E-state index contributed by atoms with van der Waals surface area (Å²) in [6, 6.07) is 5.61. The second-order valence-corrected chi connectivity index (χ2v) is 4.79. The minimum absolute atomic E-state index is 0.183. The average Bonchev–Trinajstić information content (AvgIpc) is 2.24. The maximum atomic E-state index is 9.63. The number of hydrogen-bond donors (Lipinski definition) is 2. The summed E-state index contributed by atoms with van der Waals surface area (Å²) in [7, 11) is 0. The van der Waals surface area contributed by atoms with Gasteiger partial charge >= 0.3 is 0 Å². The van der Waals surface area contributed by atoms with Crippen LogP contribution in [0, 0.1) is 6.92 Å². The number of aryl methyl sites for hydroxylation is 1. The van der Waals surface area contributed by atoms with Crippen molar-refractivity contribution in [3.63, 3.8) is 0 Å². The highest BCUT2D eigenvalue weighted by atomic mass is 16.5. The summed E-state index contributed by atoms with van der Waals surface area (Å²) in [5.74, 6) is 0.613. The van der Waals surface area contributed by atoms with Crippen molar-refractivity contribution < 1.29 is 15.1 Å². The van der Waals surface area contributed by atoms with Gasteiger partial charge in [-0.05, 0) is 45.4 Å². The highest BCUT2D eigenvalue weighted by Crippen LogP contribution is 2.22. The fourth-order valence-electron chi connectivity index (χ4n) is 1.36. The Morgan fingerprint density at radius 3 is 2.59 bits per heavy atom. The molecule has 94 valence electrons. The van der Waals surface area contributed by atoms with Gasteiger partial charge < -0.3 is 15.1 Å². The van der Waals surface area contributed by atoms with E-state index in [1.165, 1.54) is 0 Å². The Morgan fingerprint density at radius 2 is 2.06 bits per heavy atom. The molecule has 1 rings (SSSR count). The van der Waals surface area contributed by atoms with Crippen molar-refractivity contribution in [1.29, 1.82) is 0 Å². The van der Waals surface area contributed by atoms with Gasteiger partial charge in [-0.15, -0.1) is 0 Å². The molecule has 0 fully saturated rings. The van der Waals surface area contributed by atoms with Crippen molar-refractivity contribution in [1.82, 2.24) is 0 Å². The summed E-state index contributed by atoms with van der Waals surface area (Å²) < 4.78 is 5.56. The first-order valence-corrected chi connectivity index (χ1v) is 5.48. The minimum Gasteiger partial charge on any atom is -0.490 e. The average molecular weight is 237 g/mol. The van der Waals surface area contributed by atoms with Gasteiger partial charge in [0, 0.05) is 5.56 Å². The molecule has 0 aliphatic heterocycles. The van der Waals surface area contributed by atoms with Crippen molar-refractivity contribution in [3.05, 3.63) is 29.3 Å². The predicted octanol–water partition coefficient (Wildman–Crippen LogP) is 2.34. The minimum atomic E-state index is -0.898. The molecule has 2 N–H and O–H groups in total. The third-order valence-electron chi connectivity index (χ3n) is 2.26. The van der Waals surface area contributed by atoms with Crippen molar-refractivity contribution >= 4 is 5.71 Å². The lowest BCUT2D eigenvalue weighted by molar-refractivity contribution is 0.0284. The Hall–Kier alpha value is -1.55. The highest BCUT2D eigenvalue weighted by molar-refractivity contribution is 6.00. The number of nitrogens with zero attached hydrogens (tertiary/aromatic N) is 1. The first kappa shape index (κ1) is 13.5. The monoisotopic (exact) mass is 237 g/mol. The van der Waals surface area contributed by atoms with Gasteiger partial charge in [0.15, 0.2) is 0 Å². The fourth-order valence-corrected chi connectivity index (χ4v) is 1.36. The molecule has 0 saturated carbocycles. The Kier molecular flexibility index (Phi) is 4.12. The number of ether oxygens (including phenoxy) is 1. The Balaban J connectivity index is 3.00. The van der Waals surface area contributed by atoms with E-state index in [4.69, 9.17) is 9.94 Å². The molecule has 0 unspecified atom stereocenters. The predicted molar refractivity (Wildman–Crippen MR) is 67.0 cm³/mol. The summed E-state index contributed by atoms with van der Waals surface area (Å²) >= 11 is 0. The molecule has 4 nitrogen and oxygen atoms in total. The summed E-state index contributed by atoms with van der Waals surface area (Å²) in [5.41, 5.74) is 1.36. The van der Waals surface area contributed by atoms with Gasteiger partial charge in [0.1, 0.15) is 12.4 Å². The Bertz CT molecular complexity index is 419. The zero-order valence-electron chi connectivity index (χ0n) is 10.7. The number of benzene rings is 1. The van der Waals surface area contributed by atoms with Crippen molar-refractivity contribution in [2.24, 2.45) is 5.16 Å². The molecule has 1 aromatic rings. The molecular weight excluding hydrogens is 218 g/mol. The summed E-state index contributed by atoms with van der Waals surface area (Å²) in [6.45, 7) is 7.18. The van der Waals surface area contributed by atoms with Crippen LogP contribution in [0.3, 0.4) is 0 Å². The van der Waals surface area contributed by atoms with Crippen LogP contribution in [-0.2, 0) is 0 Å². The lowest BCUT2D eigenvalue weighted by Gasteiger charge is -2.19. The van der Waals surface area contributed by atoms with Gasteiger partial charge in [0.25, 0.3) is 0 Å². The van der Waals surface area contributed by atoms with Crippen LogP contribution in [0.1, 0.15) is 31.9 Å². The quantitative estimate of drug-likeness (QED) is 0.480. The third kappa shape index (κ3) is 4.07. The largest absolute Gasteiger partial charge is 0.490 e. The molecule has 0 radical (unpaired) electrons. The van der Waals surface area contributed by atoms with E-state index in [1.54, 1.807) is 20.8 Å². The van der Waals surface area contributed by atoms with Gasteiger partial charge in [0.05, 0.1) is 11.3 Å². The third-order valence-corrected chi connectivity index (χ3v) is 2.26. The molecule has 0 heterocycles. The van der Waals surface area contributed by atoms with Gasteiger partial charge in [-0.3, -0.25) is 0 Å². The molecule has 0 spiro atoms. The van der Waals surface area contributed by atoms with Gasteiger partial charge in [-0.2, -0.15) is 0 Å². The van der Waals surface area contributed by atoms with Gasteiger partial charge in [-0.25, -0.2) is 0 Å². The lowest BCUT2D eigenvalue weighted by atomic mass is 10.1. The van der Waals surface area contributed by atoms with E-state index in [2.05, 4.69) is 5.16 Å². The first-order valence-electron chi connectivity index (χ1n) is 5.48. The maximum Gasteiger partial charge on any atom is 0.128 e.